The van der Waals surface area contributed by atoms with E-state index in [1.54, 1.807) is 0 Å². The van der Waals surface area contributed by atoms with Gasteiger partial charge in [-0.1, -0.05) is 20.8 Å². The zero-order valence-electron chi connectivity index (χ0n) is 15.1. The average Bonchev–Trinajstić information content (AvgIpc) is 2.91. The van der Waals surface area contributed by atoms with E-state index in [1.807, 2.05) is 12.4 Å². The van der Waals surface area contributed by atoms with Crippen LogP contribution < -0.4 is 0 Å². The number of hydrogen-bond donors (Lipinski definition) is 1. The van der Waals surface area contributed by atoms with Gasteiger partial charge in [-0.3, -0.25) is 19.9 Å². The lowest BCUT2D eigenvalue weighted by molar-refractivity contribution is 0.245. The first-order valence-corrected chi connectivity index (χ1v) is 8.89. The number of aromatic amines is 1. The summed E-state index contributed by atoms with van der Waals surface area (Å²) in [6.45, 7) is 13.1. The molecule has 1 saturated heterocycles. The maximum atomic E-state index is 4.48. The molecule has 130 valence electrons. The van der Waals surface area contributed by atoms with Crippen LogP contribution in [-0.4, -0.2) is 51.2 Å². The van der Waals surface area contributed by atoms with Crippen molar-refractivity contribution in [2.45, 2.75) is 45.7 Å². The van der Waals surface area contributed by atoms with E-state index >= 15 is 0 Å². The molecule has 3 rings (SSSR count). The van der Waals surface area contributed by atoms with Gasteiger partial charge in [0.15, 0.2) is 0 Å². The highest BCUT2D eigenvalue weighted by Crippen LogP contribution is 2.21. The molecule has 3 heterocycles. The topological polar surface area (TPSA) is 48.0 Å². The predicted octanol–water partition coefficient (Wildman–Crippen LogP) is 2.81. The van der Waals surface area contributed by atoms with Crippen LogP contribution in [0.2, 0.25) is 0 Å². The van der Waals surface area contributed by atoms with E-state index in [0.717, 1.165) is 45.0 Å². The Morgan fingerprint density at radius 1 is 1.00 bits per heavy atom. The number of nitrogens with one attached hydrogen (secondary N) is 1. The molecule has 0 saturated carbocycles. The van der Waals surface area contributed by atoms with Crippen LogP contribution in [0.25, 0.3) is 0 Å². The Labute approximate surface area is 145 Å². The normalized spacial score (nSPS) is 17.8. The molecular weight excluding hydrogens is 298 g/mol. The Balaban J connectivity index is 1.53. The van der Waals surface area contributed by atoms with Crippen LogP contribution in [-0.2, 0) is 18.5 Å². The molecule has 1 N–H and O–H groups in total. The van der Waals surface area contributed by atoms with Gasteiger partial charge in [0, 0.05) is 49.7 Å². The van der Waals surface area contributed by atoms with Crippen LogP contribution in [0, 0.1) is 0 Å². The summed E-state index contributed by atoms with van der Waals surface area (Å²) in [5.41, 5.74) is 3.82. The monoisotopic (exact) mass is 327 g/mol. The van der Waals surface area contributed by atoms with Crippen molar-refractivity contribution in [2.24, 2.45) is 0 Å². The second kappa shape index (κ2) is 7.45. The van der Waals surface area contributed by atoms with Gasteiger partial charge in [-0.2, -0.15) is 5.10 Å². The van der Waals surface area contributed by atoms with Crippen molar-refractivity contribution in [3.05, 3.63) is 47.5 Å². The fourth-order valence-corrected chi connectivity index (χ4v) is 3.15. The lowest BCUT2D eigenvalue weighted by Crippen LogP contribution is -2.30. The Bertz CT molecular complexity index is 629. The third-order valence-corrected chi connectivity index (χ3v) is 4.63. The van der Waals surface area contributed by atoms with E-state index in [2.05, 4.69) is 64.0 Å². The maximum absolute atomic E-state index is 4.48. The third-order valence-electron chi connectivity index (χ3n) is 4.63. The van der Waals surface area contributed by atoms with Gasteiger partial charge in [-0.15, -0.1) is 0 Å². The molecule has 0 radical (unpaired) electrons. The lowest BCUT2D eigenvalue weighted by Gasteiger charge is -2.21. The maximum Gasteiger partial charge on any atom is 0.0678 e. The van der Waals surface area contributed by atoms with Gasteiger partial charge in [-0.25, -0.2) is 0 Å². The fourth-order valence-electron chi connectivity index (χ4n) is 3.15. The molecule has 24 heavy (non-hydrogen) atoms. The summed E-state index contributed by atoms with van der Waals surface area (Å²) in [7, 11) is 0. The van der Waals surface area contributed by atoms with Crippen molar-refractivity contribution in [1.82, 2.24) is 25.0 Å². The van der Waals surface area contributed by atoms with Gasteiger partial charge in [-0.05, 0) is 43.3 Å². The Morgan fingerprint density at radius 2 is 1.67 bits per heavy atom. The number of H-pyrrole nitrogens is 1. The minimum atomic E-state index is 0.106. The second-order valence-corrected chi connectivity index (χ2v) is 7.79. The molecule has 0 aromatic carbocycles. The number of nitrogens with zero attached hydrogens (tertiary/aromatic N) is 4. The Morgan fingerprint density at radius 3 is 2.29 bits per heavy atom. The van der Waals surface area contributed by atoms with Crippen molar-refractivity contribution in [1.29, 1.82) is 0 Å². The zero-order valence-corrected chi connectivity index (χ0v) is 15.1. The molecule has 1 aliphatic heterocycles. The summed E-state index contributed by atoms with van der Waals surface area (Å²) in [6, 6.07) is 6.45. The third kappa shape index (κ3) is 4.65. The highest BCUT2D eigenvalue weighted by Gasteiger charge is 2.19. The number of rotatable bonds is 4. The van der Waals surface area contributed by atoms with Gasteiger partial charge in [0.1, 0.15) is 0 Å². The van der Waals surface area contributed by atoms with Crippen molar-refractivity contribution in [3.8, 4) is 0 Å². The Hall–Kier alpha value is -1.72. The standard InChI is InChI=1S/C19H29N5/c1-19(2,3)18-13-17(21-22-18)15-24-10-4-9-23(11-12-24)14-16-5-7-20-8-6-16/h5-8,13H,4,9-12,14-15H2,1-3H3,(H,21,22). The summed E-state index contributed by atoms with van der Waals surface area (Å²) in [5, 5.41) is 7.70. The van der Waals surface area contributed by atoms with E-state index < -0.39 is 0 Å². The summed E-state index contributed by atoms with van der Waals surface area (Å²) >= 11 is 0. The molecular formula is C19H29N5. The molecule has 0 spiro atoms. The van der Waals surface area contributed by atoms with Crippen LogP contribution in [0.5, 0.6) is 0 Å². The molecule has 2 aromatic rings. The van der Waals surface area contributed by atoms with E-state index in [1.165, 1.54) is 17.7 Å². The van der Waals surface area contributed by atoms with Gasteiger partial charge >= 0.3 is 0 Å². The molecule has 0 bridgehead atoms. The summed E-state index contributed by atoms with van der Waals surface area (Å²) < 4.78 is 0. The highest BCUT2D eigenvalue weighted by molar-refractivity contribution is 5.16. The van der Waals surface area contributed by atoms with Crippen molar-refractivity contribution >= 4 is 0 Å². The van der Waals surface area contributed by atoms with Crippen LogP contribution in [0.1, 0.15) is 44.1 Å². The molecule has 1 aliphatic rings. The zero-order chi connectivity index (χ0) is 17.0. The molecule has 5 nitrogen and oxygen atoms in total. The molecule has 0 atom stereocenters. The first kappa shape index (κ1) is 17.1. The van der Waals surface area contributed by atoms with Gasteiger partial charge in [0.2, 0.25) is 0 Å². The highest BCUT2D eigenvalue weighted by atomic mass is 15.2. The van der Waals surface area contributed by atoms with E-state index in [9.17, 15) is 0 Å². The minimum Gasteiger partial charge on any atom is -0.298 e. The first-order valence-electron chi connectivity index (χ1n) is 8.89. The first-order chi connectivity index (χ1) is 11.5. The average molecular weight is 327 g/mol. The summed E-state index contributed by atoms with van der Waals surface area (Å²) in [6.07, 6.45) is 4.97. The van der Waals surface area contributed by atoms with Crippen molar-refractivity contribution < 1.29 is 0 Å². The largest absolute Gasteiger partial charge is 0.298 e. The van der Waals surface area contributed by atoms with E-state index in [4.69, 9.17) is 0 Å². The molecule has 0 aliphatic carbocycles. The molecule has 5 heteroatoms. The molecule has 0 unspecified atom stereocenters. The van der Waals surface area contributed by atoms with E-state index in [-0.39, 0.29) is 5.41 Å². The lowest BCUT2D eigenvalue weighted by atomic mass is 9.92. The smallest absolute Gasteiger partial charge is 0.0678 e. The van der Waals surface area contributed by atoms with Gasteiger partial charge in [0.25, 0.3) is 0 Å². The van der Waals surface area contributed by atoms with Crippen molar-refractivity contribution in [3.63, 3.8) is 0 Å². The molecule has 0 amide bonds. The summed E-state index contributed by atoms with van der Waals surface area (Å²) in [5.74, 6) is 0. The number of aromatic nitrogens is 3. The SMILES string of the molecule is CC(C)(C)c1cc(CN2CCCN(Cc3ccncc3)CC2)[nH]n1. The Kier molecular flexibility index (Phi) is 5.31. The van der Waals surface area contributed by atoms with Crippen LogP contribution >= 0.6 is 0 Å². The van der Waals surface area contributed by atoms with Crippen LogP contribution in [0.3, 0.4) is 0 Å². The predicted molar refractivity (Wildman–Crippen MR) is 96.7 cm³/mol. The van der Waals surface area contributed by atoms with Crippen molar-refractivity contribution in [2.75, 3.05) is 26.2 Å². The summed E-state index contributed by atoms with van der Waals surface area (Å²) in [4.78, 5) is 9.18. The molecule has 2 aromatic heterocycles. The van der Waals surface area contributed by atoms with Crippen LogP contribution in [0.4, 0.5) is 0 Å². The van der Waals surface area contributed by atoms with E-state index in [0.29, 0.717) is 0 Å². The number of pyridine rings is 1. The fraction of sp³-hybridized carbons (Fsp3) is 0.579. The van der Waals surface area contributed by atoms with Gasteiger partial charge in [0.05, 0.1) is 5.69 Å². The van der Waals surface area contributed by atoms with Crippen LogP contribution in [0.15, 0.2) is 30.6 Å². The minimum absolute atomic E-state index is 0.106. The second-order valence-electron chi connectivity index (χ2n) is 7.79. The number of hydrogen-bond acceptors (Lipinski definition) is 4. The van der Waals surface area contributed by atoms with Gasteiger partial charge < -0.3 is 0 Å². The quantitative estimate of drug-likeness (QED) is 0.938. The molecule has 1 fully saturated rings.